The van der Waals surface area contributed by atoms with Gasteiger partial charge < -0.3 is 19.7 Å². The maximum absolute atomic E-state index is 12.9. The molecule has 0 unspecified atom stereocenters. The molecule has 5 heteroatoms. The summed E-state index contributed by atoms with van der Waals surface area (Å²) in [6, 6.07) is 6.50. The first-order chi connectivity index (χ1) is 11.9. The average Bonchev–Trinajstić information content (AvgIpc) is 2.58. The second kappa shape index (κ2) is 8.14. The number of phenolic OH excluding ortho intramolecular Hbond substituents is 2. The maximum atomic E-state index is 12.9. The van der Waals surface area contributed by atoms with Gasteiger partial charge in [-0.15, -0.1) is 0 Å². The Morgan fingerprint density at radius 2 is 1.40 bits per heavy atom. The highest BCUT2D eigenvalue weighted by Crippen LogP contribution is 2.28. The van der Waals surface area contributed by atoms with Crippen molar-refractivity contribution in [3.8, 4) is 11.5 Å². The number of ether oxygens (including phenoxy) is 2. The molecule has 2 aromatic carbocycles. The summed E-state index contributed by atoms with van der Waals surface area (Å²) in [5, 5.41) is 19.8. The van der Waals surface area contributed by atoms with Gasteiger partial charge in [-0.3, -0.25) is 4.79 Å². The fraction of sp³-hybridized carbons (Fsp3) is 0.350. The quantitative estimate of drug-likeness (QED) is 0.753. The SMILES string of the molecule is COCc1c(CC(=O)c2ccc(O)c(C)c2COC)ccc(O)c1C. The Balaban J connectivity index is 2.41. The second-order valence-corrected chi connectivity index (χ2v) is 6.05. The highest BCUT2D eigenvalue weighted by Gasteiger charge is 2.18. The fourth-order valence-electron chi connectivity index (χ4n) is 2.92. The summed E-state index contributed by atoms with van der Waals surface area (Å²) in [4.78, 5) is 12.9. The van der Waals surface area contributed by atoms with Crippen molar-refractivity contribution in [1.82, 2.24) is 0 Å². The minimum absolute atomic E-state index is 0.0717. The second-order valence-electron chi connectivity index (χ2n) is 6.05. The first-order valence-electron chi connectivity index (χ1n) is 8.03. The molecule has 0 aromatic heterocycles. The van der Waals surface area contributed by atoms with Crippen molar-refractivity contribution in [2.75, 3.05) is 14.2 Å². The van der Waals surface area contributed by atoms with Gasteiger partial charge in [0, 0.05) is 26.2 Å². The van der Waals surface area contributed by atoms with E-state index in [1.807, 2.05) is 0 Å². The summed E-state index contributed by atoms with van der Waals surface area (Å²) in [7, 11) is 3.13. The number of phenols is 2. The average molecular weight is 344 g/mol. The molecular formula is C20H24O5. The molecule has 0 bridgehead atoms. The molecule has 25 heavy (non-hydrogen) atoms. The molecule has 0 saturated heterocycles. The Kier molecular flexibility index (Phi) is 6.17. The van der Waals surface area contributed by atoms with E-state index in [4.69, 9.17) is 9.47 Å². The standard InChI is InChI=1S/C20H24O5/c1-12-16(10-24-3)14(5-7-18(12)21)9-20(23)15-6-8-19(22)13(2)17(15)11-25-4/h5-8,21-22H,9-11H2,1-4H3. The Hall–Kier alpha value is -2.37. The van der Waals surface area contributed by atoms with E-state index in [9.17, 15) is 15.0 Å². The molecule has 0 aliphatic carbocycles. The lowest BCUT2D eigenvalue weighted by atomic mass is 9.92. The molecule has 0 aliphatic rings. The Labute approximate surface area is 147 Å². The van der Waals surface area contributed by atoms with Gasteiger partial charge in [0.1, 0.15) is 11.5 Å². The zero-order valence-electron chi connectivity index (χ0n) is 15.0. The van der Waals surface area contributed by atoms with E-state index in [2.05, 4.69) is 0 Å². The number of methoxy groups -OCH3 is 2. The molecule has 0 fully saturated rings. The van der Waals surface area contributed by atoms with Gasteiger partial charge in [-0.05, 0) is 59.9 Å². The first-order valence-corrected chi connectivity index (χ1v) is 8.03. The highest BCUT2D eigenvalue weighted by molar-refractivity contribution is 5.99. The Morgan fingerprint density at radius 3 is 2.00 bits per heavy atom. The van der Waals surface area contributed by atoms with Crippen LogP contribution < -0.4 is 0 Å². The molecule has 0 radical (unpaired) electrons. The molecule has 2 rings (SSSR count). The van der Waals surface area contributed by atoms with Crippen molar-refractivity contribution in [3.05, 3.63) is 57.6 Å². The molecule has 2 aromatic rings. The van der Waals surface area contributed by atoms with Gasteiger partial charge in [0.2, 0.25) is 0 Å². The van der Waals surface area contributed by atoms with Crippen LogP contribution in [0.2, 0.25) is 0 Å². The zero-order valence-corrected chi connectivity index (χ0v) is 15.0. The summed E-state index contributed by atoms with van der Waals surface area (Å²) in [5.74, 6) is 0.255. The third kappa shape index (κ3) is 4.00. The molecule has 0 heterocycles. The van der Waals surface area contributed by atoms with E-state index in [0.717, 1.165) is 11.1 Å². The van der Waals surface area contributed by atoms with Crippen LogP contribution in [0.3, 0.4) is 0 Å². The summed E-state index contributed by atoms with van der Waals surface area (Å²) in [6.07, 6.45) is 0.181. The number of Topliss-reactive ketones (excluding diaryl/α,β-unsaturated/α-hetero) is 1. The van der Waals surface area contributed by atoms with Crippen LogP contribution >= 0.6 is 0 Å². The van der Waals surface area contributed by atoms with Crippen LogP contribution in [-0.4, -0.2) is 30.2 Å². The van der Waals surface area contributed by atoms with Gasteiger partial charge in [0.05, 0.1) is 13.2 Å². The molecule has 0 aliphatic heterocycles. The van der Waals surface area contributed by atoms with Crippen molar-refractivity contribution in [3.63, 3.8) is 0 Å². The number of hydrogen-bond acceptors (Lipinski definition) is 5. The summed E-state index contributed by atoms with van der Waals surface area (Å²) in [6.45, 7) is 4.14. The molecular weight excluding hydrogens is 320 g/mol. The number of ketones is 1. The molecule has 0 amide bonds. The van der Waals surface area contributed by atoms with Crippen molar-refractivity contribution in [2.45, 2.75) is 33.5 Å². The number of hydrogen-bond donors (Lipinski definition) is 2. The monoisotopic (exact) mass is 344 g/mol. The van der Waals surface area contributed by atoms with Gasteiger partial charge in [0.25, 0.3) is 0 Å². The molecule has 0 atom stereocenters. The highest BCUT2D eigenvalue weighted by atomic mass is 16.5. The predicted octanol–water partition coefficient (Wildman–Crippen LogP) is 3.43. The number of rotatable bonds is 7. The van der Waals surface area contributed by atoms with Crippen molar-refractivity contribution in [2.24, 2.45) is 0 Å². The third-order valence-corrected chi connectivity index (χ3v) is 4.47. The fourth-order valence-corrected chi connectivity index (χ4v) is 2.92. The van der Waals surface area contributed by atoms with Crippen molar-refractivity contribution < 1.29 is 24.5 Å². The number of benzene rings is 2. The third-order valence-electron chi connectivity index (χ3n) is 4.47. The van der Waals surface area contributed by atoms with E-state index in [1.54, 1.807) is 46.3 Å². The van der Waals surface area contributed by atoms with Crippen molar-refractivity contribution >= 4 is 5.78 Å². The van der Waals surface area contributed by atoms with Crippen LogP contribution in [0.4, 0.5) is 0 Å². The lowest BCUT2D eigenvalue weighted by Gasteiger charge is -2.15. The van der Waals surface area contributed by atoms with E-state index >= 15 is 0 Å². The normalized spacial score (nSPS) is 10.9. The van der Waals surface area contributed by atoms with Gasteiger partial charge in [-0.1, -0.05) is 6.07 Å². The van der Waals surface area contributed by atoms with Crippen LogP contribution in [-0.2, 0) is 29.1 Å². The lowest BCUT2D eigenvalue weighted by molar-refractivity contribution is 0.0986. The minimum Gasteiger partial charge on any atom is -0.508 e. The van der Waals surface area contributed by atoms with Crippen LogP contribution in [0.25, 0.3) is 0 Å². The zero-order chi connectivity index (χ0) is 18.6. The van der Waals surface area contributed by atoms with Crippen LogP contribution in [0.1, 0.15) is 38.2 Å². The number of carbonyl (C=O) groups is 1. The van der Waals surface area contributed by atoms with E-state index in [-0.39, 0.29) is 30.3 Å². The van der Waals surface area contributed by atoms with Gasteiger partial charge in [-0.25, -0.2) is 0 Å². The lowest BCUT2D eigenvalue weighted by Crippen LogP contribution is -2.11. The van der Waals surface area contributed by atoms with E-state index in [0.29, 0.717) is 28.9 Å². The van der Waals surface area contributed by atoms with Gasteiger partial charge >= 0.3 is 0 Å². The van der Waals surface area contributed by atoms with Gasteiger partial charge in [-0.2, -0.15) is 0 Å². The number of carbonyl (C=O) groups excluding carboxylic acids is 1. The molecule has 2 N–H and O–H groups in total. The Morgan fingerprint density at radius 1 is 0.880 bits per heavy atom. The Bertz CT molecular complexity index is 780. The molecule has 5 nitrogen and oxygen atoms in total. The summed E-state index contributed by atoms with van der Waals surface area (Å²) < 4.78 is 10.4. The van der Waals surface area contributed by atoms with Crippen molar-refractivity contribution in [1.29, 1.82) is 0 Å². The van der Waals surface area contributed by atoms with Gasteiger partial charge in [0.15, 0.2) is 5.78 Å². The molecule has 0 saturated carbocycles. The minimum atomic E-state index is -0.0717. The van der Waals surface area contributed by atoms with E-state index in [1.165, 1.54) is 6.07 Å². The summed E-state index contributed by atoms with van der Waals surface area (Å²) in [5.41, 5.74) is 4.22. The smallest absolute Gasteiger partial charge is 0.167 e. The molecule has 0 spiro atoms. The largest absolute Gasteiger partial charge is 0.508 e. The summed E-state index contributed by atoms with van der Waals surface area (Å²) >= 11 is 0. The predicted molar refractivity (Wildman–Crippen MR) is 95.1 cm³/mol. The number of aromatic hydroxyl groups is 2. The maximum Gasteiger partial charge on any atom is 0.167 e. The first kappa shape index (κ1) is 19.0. The van der Waals surface area contributed by atoms with Crippen LogP contribution in [0, 0.1) is 13.8 Å². The van der Waals surface area contributed by atoms with Crippen LogP contribution in [0.5, 0.6) is 11.5 Å². The van der Waals surface area contributed by atoms with Crippen LogP contribution in [0.15, 0.2) is 24.3 Å². The van der Waals surface area contributed by atoms with E-state index < -0.39 is 0 Å². The topological polar surface area (TPSA) is 76.0 Å². The molecule has 134 valence electrons.